The highest BCUT2D eigenvalue weighted by Crippen LogP contribution is 2.10. The lowest BCUT2D eigenvalue weighted by atomic mass is 10.1. The number of unbranched alkanes of at least 4 members (excludes halogenated alkanes) is 10. The maximum atomic E-state index is 12.8. The highest BCUT2D eigenvalue weighted by molar-refractivity contribution is 5.70. The summed E-state index contributed by atoms with van der Waals surface area (Å²) in [6.45, 7) is 7.40. The minimum atomic E-state index is -0.600. The Kier molecular flexibility index (Phi) is 48.1. The zero-order valence-electron chi connectivity index (χ0n) is 39.8. The van der Waals surface area contributed by atoms with Crippen LogP contribution in [0.1, 0.15) is 188 Å². The Hall–Kier alpha value is -3.96. The summed E-state index contributed by atoms with van der Waals surface area (Å²) in [7, 11) is 0. The number of allylic oxidation sites excluding steroid dienone is 22. The van der Waals surface area contributed by atoms with Crippen LogP contribution in [0.25, 0.3) is 0 Å². The van der Waals surface area contributed by atoms with Crippen LogP contribution in [0.2, 0.25) is 0 Å². The molecule has 0 aromatic heterocycles. The highest BCUT2D eigenvalue weighted by Gasteiger charge is 2.17. The fourth-order valence-corrected chi connectivity index (χ4v) is 6.03. The van der Waals surface area contributed by atoms with E-state index in [2.05, 4.69) is 148 Å². The highest BCUT2D eigenvalue weighted by atomic mass is 16.6. The van der Waals surface area contributed by atoms with E-state index in [1.807, 2.05) is 6.08 Å². The second-order valence-electron chi connectivity index (χ2n) is 15.6. The van der Waals surface area contributed by atoms with Gasteiger partial charge in [0.2, 0.25) is 0 Å². The molecule has 5 nitrogen and oxygen atoms in total. The van der Waals surface area contributed by atoms with Crippen molar-refractivity contribution in [3.05, 3.63) is 134 Å². The van der Waals surface area contributed by atoms with Gasteiger partial charge in [0, 0.05) is 19.4 Å². The average molecular weight is 855 g/mol. The number of hydrogen-bond donors (Lipinski definition) is 0. The topological polar surface area (TPSA) is 61.8 Å². The average Bonchev–Trinajstić information content (AvgIpc) is 3.27. The molecule has 62 heavy (non-hydrogen) atoms. The molecule has 0 heterocycles. The third-order valence-electron chi connectivity index (χ3n) is 9.66. The second kappa shape index (κ2) is 51.4. The molecule has 1 unspecified atom stereocenters. The van der Waals surface area contributed by atoms with Crippen molar-refractivity contribution < 1.29 is 23.8 Å². The molecule has 5 heteroatoms. The van der Waals surface area contributed by atoms with Crippen LogP contribution in [0.5, 0.6) is 0 Å². The minimum Gasteiger partial charge on any atom is -0.462 e. The molecule has 0 spiro atoms. The molecule has 0 amide bonds. The molecule has 0 aromatic carbocycles. The van der Waals surface area contributed by atoms with E-state index < -0.39 is 6.10 Å². The molecular formula is C57H90O5. The SMILES string of the molecule is CC/C=C\C/C=C\C/C=C\C/C=C\C/C=C\C/C=C\CCC(=O)OCC(COCCCCCCCC/C=C\CCCC)OC(=O)CCCC/C=C\C/C=C\C/C=C\C/C=C\CC. The van der Waals surface area contributed by atoms with Crippen LogP contribution in [-0.4, -0.2) is 37.9 Å². The second-order valence-corrected chi connectivity index (χ2v) is 15.6. The third-order valence-corrected chi connectivity index (χ3v) is 9.66. The zero-order valence-corrected chi connectivity index (χ0v) is 39.8. The quantitative estimate of drug-likeness (QED) is 0.0347. The number of hydrogen-bond acceptors (Lipinski definition) is 5. The third kappa shape index (κ3) is 48.7. The van der Waals surface area contributed by atoms with Gasteiger partial charge in [0.1, 0.15) is 6.61 Å². The van der Waals surface area contributed by atoms with E-state index in [1.54, 1.807) is 0 Å². The Morgan fingerprint density at radius 3 is 1.24 bits per heavy atom. The van der Waals surface area contributed by atoms with E-state index in [4.69, 9.17) is 14.2 Å². The summed E-state index contributed by atoms with van der Waals surface area (Å²) < 4.78 is 17.2. The van der Waals surface area contributed by atoms with Gasteiger partial charge in [0.25, 0.3) is 0 Å². The molecule has 0 fully saturated rings. The van der Waals surface area contributed by atoms with Crippen molar-refractivity contribution in [2.75, 3.05) is 19.8 Å². The van der Waals surface area contributed by atoms with E-state index in [-0.39, 0.29) is 31.6 Å². The molecule has 0 rings (SSSR count). The predicted molar refractivity (Wildman–Crippen MR) is 269 cm³/mol. The Morgan fingerprint density at radius 1 is 0.371 bits per heavy atom. The number of carbonyl (C=O) groups is 2. The summed E-state index contributed by atoms with van der Waals surface area (Å²) in [5.41, 5.74) is 0. The van der Waals surface area contributed by atoms with Gasteiger partial charge >= 0.3 is 11.9 Å². The summed E-state index contributed by atoms with van der Waals surface area (Å²) in [5, 5.41) is 0. The molecule has 0 N–H and O–H groups in total. The van der Waals surface area contributed by atoms with Crippen LogP contribution in [0, 0.1) is 0 Å². The van der Waals surface area contributed by atoms with Gasteiger partial charge in [0.05, 0.1) is 6.61 Å². The fourth-order valence-electron chi connectivity index (χ4n) is 6.03. The maximum Gasteiger partial charge on any atom is 0.306 e. The van der Waals surface area contributed by atoms with Crippen molar-refractivity contribution in [2.24, 2.45) is 0 Å². The first-order valence-corrected chi connectivity index (χ1v) is 24.7. The van der Waals surface area contributed by atoms with Gasteiger partial charge in [-0.3, -0.25) is 9.59 Å². The summed E-state index contributed by atoms with van der Waals surface area (Å²) in [6.07, 6.45) is 73.3. The van der Waals surface area contributed by atoms with Crippen molar-refractivity contribution in [1.29, 1.82) is 0 Å². The van der Waals surface area contributed by atoms with Gasteiger partial charge in [-0.2, -0.15) is 0 Å². The van der Waals surface area contributed by atoms with Gasteiger partial charge in [-0.25, -0.2) is 0 Å². The van der Waals surface area contributed by atoms with E-state index in [1.165, 1.54) is 51.4 Å². The van der Waals surface area contributed by atoms with Crippen LogP contribution in [-0.2, 0) is 23.8 Å². The molecular weight excluding hydrogens is 765 g/mol. The summed E-state index contributed by atoms with van der Waals surface area (Å²) in [4.78, 5) is 25.3. The Bertz CT molecular complexity index is 1330. The molecule has 348 valence electrons. The molecule has 0 aromatic rings. The number of esters is 2. The van der Waals surface area contributed by atoms with Crippen molar-refractivity contribution >= 4 is 11.9 Å². The first-order chi connectivity index (χ1) is 30.6. The molecule has 0 aliphatic heterocycles. The van der Waals surface area contributed by atoms with Gasteiger partial charge in [-0.1, -0.05) is 193 Å². The number of rotatable bonds is 43. The van der Waals surface area contributed by atoms with Gasteiger partial charge in [-0.05, 0) is 116 Å². The smallest absolute Gasteiger partial charge is 0.306 e. The number of carbonyl (C=O) groups excluding carboxylic acids is 2. The molecule has 0 radical (unpaired) electrons. The van der Waals surface area contributed by atoms with Crippen molar-refractivity contribution in [2.45, 2.75) is 194 Å². The Morgan fingerprint density at radius 2 is 0.758 bits per heavy atom. The monoisotopic (exact) mass is 855 g/mol. The van der Waals surface area contributed by atoms with E-state index in [0.717, 1.165) is 96.3 Å². The van der Waals surface area contributed by atoms with E-state index in [0.29, 0.717) is 19.4 Å². The molecule has 0 saturated carbocycles. The van der Waals surface area contributed by atoms with Crippen LogP contribution in [0.15, 0.2) is 134 Å². The fraction of sp³-hybridized carbons (Fsp3) is 0.579. The summed E-state index contributed by atoms with van der Waals surface area (Å²) in [6, 6.07) is 0. The van der Waals surface area contributed by atoms with Crippen LogP contribution in [0.3, 0.4) is 0 Å². The van der Waals surface area contributed by atoms with E-state index in [9.17, 15) is 9.59 Å². The minimum absolute atomic E-state index is 0.0170. The van der Waals surface area contributed by atoms with Crippen LogP contribution >= 0.6 is 0 Å². The normalized spacial score (nSPS) is 13.4. The van der Waals surface area contributed by atoms with Crippen molar-refractivity contribution in [3.63, 3.8) is 0 Å². The van der Waals surface area contributed by atoms with Gasteiger partial charge in [0.15, 0.2) is 6.10 Å². The lowest BCUT2D eigenvalue weighted by molar-refractivity contribution is -0.162. The van der Waals surface area contributed by atoms with Crippen LogP contribution in [0.4, 0.5) is 0 Å². The first kappa shape index (κ1) is 58.0. The summed E-state index contributed by atoms with van der Waals surface area (Å²) >= 11 is 0. The maximum absolute atomic E-state index is 12.8. The lowest BCUT2D eigenvalue weighted by Crippen LogP contribution is -2.30. The lowest BCUT2D eigenvalue weighted by Gasteiger charge is -2.18. The molecule has 0 aliphatic rings. The predicted octanol–water partition coefficient (Wildman–Crippen LogP) is 16.8. The van der Waals surface area contributed by atoms with Crippen molar-refractivity contribution in [1.82, 2.24) is 0 Å². The molecule has 0 saturated heterocycles. The molecule has 0 bridgehead atoms. The van der Waals surface area contributed by atoms with Crippen molar-refractivity contribution in [3.8, 4) is 0 Å². The summed E-state index contributed by atoms with van der Waals surface area (Å²) in [5.74, 6) is -0.557. The number of ether oxygens (including phenoxy) is 3. The Balaban J connectivity index is 4.48. The largest absolute Gasteiger partial charge is 0.462 e. The Labute approximate surface area is 381 Å². The van der Waals surface area contributed by atoms with E-state index >= 15 is 0 Å². The molecule has 1 atom stereocenters. The zero-order chi connectivity index (χ0) is 44.9. The van der Waals surface area contributed by atoms with Gasteiger partial charge < -0.3 is 14.2 Å². The first-order valence-electron chi connectivity index (χ1n) is 24.7. The van der Waals surface area contributed by atoms with Crippen LogP contribution < -0.4 is 0 Å². The standard InChI is InChI=1S/C57H90O5/c1-4-7-10-13-16-19-22-25-27-28-29-30-32-33-35-38-41-44-47-50-56(58)61-54-55(53-60-52-49-46-43-40-37-24-21-18-15-12-9-6-3)62-57(59)51-48-45-42-39-36-34-31-26-23-20-17-14-11-8-5-2/h7-8,10-11,15-20,25-27,29-31,33,35-36,39,41,44,55H,4-6,9,12-14,21-24,28,32,34,37-38,40,42-43,45-54H2,1-3H3/b10-7-,11-8-,18-15-,19-16-,20-17-,27-25-,30-29-,31-26-,35-33-,39-36-,44-41-. The van der Waals surface area contributed by atoms with Gasteiger partial charge in [-0.15, -0.1) is 0 Å². The molecule has 0 aliphatic carbocycles.